The van der Waals surface area contributed by atoms with E-state index in [0.717, 1.165) is 16.8 Å². The van der Waals surface area contributed by atoms with Gasteiger partial charge in [0.15, 0.2) is 0 Å². The Morgan fingerprint density at radius 1 is 1.38 bits per heavy atom. The van der Waals surface area contributed by atoms with Crippen molar-refractivity contribution in [2.45, 2.75) is 6.54 Å². The molecule has 0 atom stereocenters. The third-order valence-corrected chi connectivity index (χ3v) is 3.19. The molecule has 0 aliphatic rings. The molecule has 0 N–H and O–H groups in total. The fourth-order valence-corrected chi connectivity index (χ4v) is 1.93. The summed E-state index contributed by atoms with van der Waals surface area (Å²) in [5, 5.41) is 19.8. The molecule has 1 heterocycles. The highest BCUT2D eigenvalue weighted by Gasteiger charge is 2.18. The molecule has 24 heavy (non-hydrogen) atoms. The van der Waals surface area contributed by atoms with E-state index < -0.39 is 34.2 Å². The number of rotatable bonds is 9. The lowest BCUT2D eigenvalue weighted by atomic mass is 10.2. The second kappa shape index (κ2) is 9.39. The summed E-state index contributed by atoms with van der Waals surface area (Å²) in [5.41, 5.74) is -1.58. The van der Waals surface area contributed by atoms with Gasteiger partial charge < -0.3 is 14.4 Å². The molecule has 10 nitrogen and oxygen atoms in total. The summed E-state index contributed by atoms with van der Waals surface area (Å²) in [7, 11) is 2.98. The van der Waals surface area contributed by atoms with Crippen molar-refractivity contribution in [1.82, 2.24) is 9.47 Å². The van der Waals surface area contributed by atoms with Crippen molar-refractivity contribution >= 4 is 11.6 Å². The molecule has 0 fully saturated rings. The van der Waals surface area contributed by atoms with E-state index >= 15 is 0 Å². The van der Waals surface area contributed by atoms with Crippen LogP contribution in [0.1, 0.15) is 5.56 Å². The Bertz CT molecular complexity index is 685. The van der Waals surface area contributed by atoms with Gasteiger partial charge in [0.2, 0.25) is 5.91 Å². The number of hydrogen-bond donors (Lipinski definition) is 0. The fourth-order valence-electron chi connectivity index (χ4n) is 1.93. The number of nitrogens with zero attached hydrogens (tertiary/aromatic N) is 4. The van der Waals surface area contributed by atoms with Crippen molar-refractivity contribution in [2.75, 3.05) is 40.5 Å². The molecule has 0 bridgehead atoms. The topological polar surface area (TPSA) is 128 Å². The molecule has 1 aromatic heterocycles. The number of pyridine rings is 1. The number of nitriles is 1. The summed E-state index contributed by atoms with van der Waals surface area (Å²) in [5.74, 6) is -0.435. The maximum atomic E-state index is 12.4. The maximum absolute atomic E-state index is 12.4. The average Bonchev–Trinajstić information content (AvgIpc) is 2.56. The second-order valence-electron chi connectivity index (χ2n) is 4.78. The average molecular weight is 338 g/mol. The molecule has 0 aliphatic heterocycles. The minimum Gasteiger partial charge on any atom is -0.383 e. The van der Waals surface area contributed by atoms with Crippen LogP contribution in [0.15, 0.2) is 17.1 Å². The first-order chi connectivity index (χ1) is 11.4. The number of methoxy groups -OCH3 is 2. The Morgan fingerprint density at radius 3 is 2.42 bits per heavy atom. The van der Waals surface area contributed by atoms with Gasteiger partial charge in [0, 0.05) is 33.4 Å². The highest BCUT2D eigenvalue weighted by atomic mass is 16.6. The number of nitro groups is 1. The monoisotopic (exact) mass is 338 g/mol. The third-order valence-electron chi connectivity index (χ3n) is 3.19. The minimum absolute atomic E-state index is 0.285. The van der Waals surface area contributed by atoms with Gasteiger partial charge in [0.1, 0.15) is 18.2 Å². The van der Waals surface area contributed by atoms with Crippen LogP contribution in [0.5, 0.6) is 0 Å². The number of aromatic nitrogens is 1. The van der Waals surface area contributed by atoms with Crippen molar-refractivity contribution in [2.24, 2.45) is 0 Å². The van der Waals surface area contributed by atoms with Gasteiger partial charge in [-0.2, -0.15) is 5.26 Å². The quantitative estimate of drug-likeness (QED) is 0.448. The van der Waals surface area contributed by atoms with E-state index in [9.17, 15) is 19.7 Å². The molecular weight excluding hydrogens is 320 g/mol. The van der Waals surface area contributed by atoms with E-state index in [2.05, 4.69) is 0 Å². The zero-order valence-corrected chi connectivity index (χ0v) is 13.4. The second-order valence-corrected chi connectivity index (χ2v) is 4.78. The molecule has 10 heteroatoms. The first kappa shape index (κ1) is 19.3. The molecule has 0 saturated heterocycles. The van der Waals surface area contributed by atoms with Gasteiger partial charge in [-0.15, -0.1) is 0 Å². The smallest absolute Gasteiger partial charge is 0.287 e. The van der Waals surface area contributed by atoms with Gasteiger partial charge in [-0.05, 0) is 0 Å². The molecule has 0 aliphatic carbocycles. The van der Waals surface area contributed by atoms with Crippen molar-refractivity contribution < 1.29 is 19.2 Å². The Hall–Kier alpha value is -2.77. The van der Waals surface area contributed by atoms with E-state index in [1.54, 1.807) is 6.07 Å². The largest absolute Gasteiger partial charge is 0.383 e. The molecule has 0 aromatic carbocycles. The van der Waals surface area contributed by atoms with Crippen LogP contribution >= 0.6 is 0 Å². The van der Waals surface area contributed by atoms with Gasteiger partial charge in [-0.3, -0.25) is 24.3 Å². The van der Waals surface area contributed by atoms with Crippen molar-refractivity contribution in [3.63, 3.8) is 0 Å². The van der Waals surface area contributed by atoms with Crippen LogP contribution in [0.25, 0.3) is 0 Å². The zero-order chi connectivity index (χ0) is 18.1. The van der Waals surface area contributed by atoms with Crippen LogP contribution in [0.4, 0.5) is 5.69 Å². The molecule has 0 saturated carbocycles. The summed E-state index contributed by atoms with van der Waals surface area (Å²) in [4.78, 5) is 36.0. The van der Waals surface area contributed by atoms with Gasteiger partial charge >= 0.3 is 0 Å². The lowest BCUT2D eigenvalue weighted by Gasteiger charge is -2.22. The van der Waals surface area contributed by atoms with Gasteiger partial charge in [-0.25, -0.2) is 0 Å². The van der Waals surface area contributed by atoms with Crippen LogP contribution in [0.3, 0.4) is 0 Å². The minimum atomic E-state index is -0.755. The van der Waals surface area contributed by atoms with Gasteiger partial charge in [-0.1, -0.05) is 0 Å². The Kier molecular flexibility index (Phi) is 7.54. The molecule has 1 aromatic rings. The lowest BCUT2D eigenvalue weighted by molar-refractivity contribution is -0.385. The number of carbonyl (C=O) groups is 1. The Balaban J connectivity index is 3.06. The van der Waals surface area contributed by atoms with Crippen LogP contribution in [-0.4, -0.2) is 60.8 Å². The van der Waals surface area contributed by atoms with Crippen LogP contribution in [0, 0.1) is 21.4 Å². The third kappa shape index (κ3) is 5.15. The molecular formula is C14H18N4O6. The molecule has 1 rings (SSSR count). The predicted molar refractivity (Wildman–Crippen MR) is 82.4 cm³/mol. The number of hydrogen-bond acceptors (Lipinski definition) is 7. The zero-order valence-electron chi connectivity index (χ0n) is 13.4. The normalized spacial score (nSPS) is 10.2. The summed E-state index contributed by atoms with van der Waals surface area (Å²) in [6.45, 7) is 0.745. The van der Waals surface area contributed by atoms with Crippen molar-refractivity contribution in [1.29, 1.82) is 5.26 Å². The summed E-state index contributed by atoms with van der Waals surface area (Å²) >= 11 is 0. The first-order valence-corrected chi connectivity index (χ1v) is 6.99. The number of carbonyl (C=O) groups excluding carboxylic acids is 1. The Morgan fingerprint density at radius 2 is 1.96 bits per heavy atom. The first-order valence-electron chi connectivity index (χ1n) is 6.99. The number of amides is 1. The molecule has 0 radical (unpaired) electrons. The van der Waals surface area contributed by atoms with Gasteiger partial charge in [0.25, 0.3) is 11.2 Å². The highest BCUT2D eigenvalue weighted by molar-refractivity contribution is 5.76. The maximum Gasteiger partial charge on any atom is 0.287 e. The Labute approximate surface area is 138 Å². The van der Waals surface area contributed by atoms with E-state index in [-0.39, 0.29) is 13.1 Å². The lowest BCUT2D eigenvalue weighted by Crippen LogP contribution is -2.40. The molecule has 0 unspecified atom stereocenters. The fraction of sp³-hybridized carbons (Fsp3) is 0.500. The number of ether oxygens (including phenoxy) is 2. The van der Waals surface area contributed by atoms with Gasteiger partial charge in [0.05, 0.1) is 24.3 Å². The van der Waals surface area contributed by atoms with Crippen molar-refractivity contribution in [3.05, 3.63) is 38.3 Å². The van der Waals surface area contributed by atoms with E-state index in [0.29, 0.717) is 13.2 Å². The molecule has 1 amide bonds. The van der Waals surface area contributed by atoms with Crippen LogP contribution in [-0.2, 0) is 20.8 Å². The predicted octanol–water partition coefficient (Wildman–Crippen LogP) is -0.250. The highest BCUT2D eigenvalue weighted by Crippen LogP contribution is 2.10. The molecule has 0 spiro atoms. The van der Waals surface area contributed by atoms with Crippen LogP contribution < -0.4 is 5.56 Å². The SMILES string of the molecule is COCCN(CCOC)C(=O)Cn1cc([N+](=O)[O-])cc(C#N)c1=O. The summed E-state index contributed by atoms with van der Waals surface area (Å²) < 4.78 is 10.7. The summed E-state index contributed by atoms with van der Waals surface area (Å²) in [6, 6.07) is 2.49. The molecule has 130 valence electrons. The van der Waals surface area contributed by atoms with E-state index in [1.165, 1.54) is 19.1 Å². The van der Waals surface area contributed by atoms with E-state index in [4.69, 9.17) is 14.7 Å². The van der Waals surface area contributed by atoms with E-state index in [1.807, 2.05) is 0 Å². The summed E-state index contributed by atoms with van der Waals surface area (Å²) in [6.07, 6.45) is 0.950. The standard InChI is InChI=1S/C14H18N4O6/c1-23-5-3-16(4-6-24-2)13(19)10-17-9-12(18(21)22)7-11(8-15)14(17)20/h7,9H,3-6,10H2,1-2H3. The van der Waals surface area contributed by atoms with Crippen LogP contribution in [0.2, 0.25) is 0 Å². The van der Waals surface area contributed by atoms with Crippen molar-refractivity contribution in [3.8, 4) is 6.07 Å².